The van der Waals surface area contributed by atoms with Crippen LogP contribution >= 0.6 is 0 Å². The summed E-state index contributed by atoms with van der Waals surface area (Å²) in [6, 6.07) is 8.36. The van der Waals surface area contributed by atoms with E-state index in [1.54, 1.807) is 18.2 Å². The van der Waals surface area contributed by atoms with Gasteiger partial charge >= 0.3 is 0 Å². The van der Waals surface area contributed by atoms with Crippen molar-refractivity contribution in [3.05, 3.63) is 36.3 Å². The van der Waals surface area contributed by atoms with Gasteiger partial charge in [-0.2, -0.15) is 5.26 Å². The van der Waals surface area contributed by atoms with Gasteiger partial charge in [0.1, 0.15) is 29.7 Å². The Morgan fingerprint density at radius 2 is 2.20 bits per heavy atom. The quantitative estimate of drug-likeness (QED) is 0.772. The molecule has 1 aliphatic heterocycles. The normalized spacial score (nSPS) is 13.3. The largest absolute Gasteiger partial charge is 0.482 e. The fourth-order valence-corrected chi connectivity index (χ4v) is 1.95. The van der Waals surface area contributed by atoms with Gasteiger partial charge in [0.25, 0.3) is 5.91 Å². The van der Waals surface area contributed by atoms with E-state index in [0.29, 0.717) is 22.9 Å². The summed E-state index contributed by atoms with van der Waals surface area (Å²) < 4.78 is 5.34. The number of amides is 1. The topological polar surface area (TPSA) is 105 Å². The van der Waals surface area contributed by atoms with Crippen LogP contribution in [0, 0.1) is 11.3 Å². The van der Waals surface area contributed by atoms with Crippen molar-refractivity contribution in [1.82, 2.24) is 9.97 Å². The third-order valence-corrected chi connectivity index (χ3v) is 2.82. The van der Waals surface area contributed by atoms with Gasteiger partial charge in [-0.1, -0.05) is 0 Å². The number of nitrogen functional groups attached to an aromatic ring is 1. The number of benzene rings is 1. The smallest absolute Gasteiger partial charge is 0.270 e. The van der Waals surface area contributed by atoms with Crippen LogP contribution in [0.5, 0.6) is 5.75 Å². The van der Waals surface area contributed by atoms with E-state index in [-0.39, 0.29) is 18.2 Å². The van der Waals surface area contributed by atoms with Gasteiger partial charge in [-0.25, -0.2) is 9.97 Å². The van der Waals surface area contributed by atoms with Crippen molar-refractivity contribution < 1.29 is 9.53 Å². The molecule has 0 saturated carbocycles. The maximum Gasteiger partial charge on any atom is 0.270 e. The Hall–Kier alpha value is -3.14. The summed E-state index contributed by atoms with van der Waals surface area (Å²) in [4.78, 5) is 21.3. The fraction of sp³-hybridized carbons (Fsp3) is 0.0769. The average Bonchev–Trinajstić information content (AvgIpc) is 2.47. The second kappa shape index (κ2) is 4.51. The number of ether oxygens (including phenoxy) is 1. The highest BCUT2D eigenvalue weighted by Crippen LogP contribution is 2.37. The van der Waals surface area contributed by atoms with E-state index in [1.165, 1.54) is 17.3 Å². The summed E-state index contributed by atoms with van der Waals surface area (Å²) in [7, 11) is 0. The zero-order chi connectivity index (χ0) is 14.1. The SMILES string of the molecule is N#Cc1cc(N2C(=O)COc3ccc(N)cc32)ncn1. The van der Waals surface area contributed by atoms with E-state index in [2.05, 4.69) is 9.97 Å². The minimum atomic E-state index is -0.286. The van der Waals surface area contributed by atoms with Gasteiger partial charge in [-0.15, -0.1) is 0 Å². The molecule has 0 radical (unpaired) electrons. The molecule has 1 amide bonds. The second-order valence-electron chi connectivity index (χ2n) is 4.12. The molecule has 0 spiro atoms. The van der Waals surface area contributed by atoms with Crippen LogP contribution in [0.4, 0.5) is 17.2 Å². The molecule has 0 unspecified atom stereocenters. The Bertz CT molecular complexity index is 738. The van der Waals surface area contributed by atoms with Crippen LogP contribution < -0.4 is 15.4 Å². The van der Waals surface area contributed by atoms with Crippen LogP contribution in [0.2, 0.25) is 0 Å². The number of carbonyl (C=O) groups is 1. The molecular weight excluding hydrogens is 258 g/mol. The van der Waals surface area contributed by atoms with Crippen molar-refractivity contribution in [1.29, 1.82) is 5.26 Å². The van der Waals surface area contributed by atoms with Crippen molar-refractivity contribution >= 4 is 23.1 Å². The number of fused-ring (bicyclic) bond motifs is 1. The first-order valence-corrected chi connectivity index (χ1v) is 5.76. The first kappa shape index (κ1) is 11.9. The van der Waals surface area contributed by atoms with E-state index >= 15 is 0 Å². The number of nitriles is 1. The molecule has 1 aliphatic rings. The number of nitrogens with zero attached hydrogens (tertiary/aromatic N) is 4. The lowest BCUT2D eigenvalue weighted by atomic mass is 10.2. The zero-order valence-electron chi connectivity index (χ0n) is 10.3. The third kappa shape index (κ3) is 1.89. The Kier molecular flexibility index (Phi) is 2.69. The lowest BCUT2D eigenvalue weighted by molar-refractivity contribution is -0.120. The lowest BCUT2D eigenvalue weighted by Crippen LogP contribution is -2.35. The molecule has 2 aromatic rings. The molecule has 1 aromatic heterocycles. The minimum absolute atomic E-state index is 0.0944. The molecule has 3 rings (SSSR count). The van der Waals surface area contributed by atoms with Crippen molar-refractivity contribution in [2.75, 3.05) is 17.2 Å². The fourth-order valence-electron chi connectivity index (χ4n) is 1.95. The van der Waals surface area contributed by atoms with Crippen molar-refractivity contribution in [3.63, 3.8) is 0 Å². The molecule has 0 atom stereocenters. The molecule has 2 N–H and O–H groups in total. The second-order valence-corrected chi connectivity index (χ2v) is 4.12. The molecule has 20 heavy (non-hydrogen) atoms. The monoisotopic (exact) mass is 267 g/mol. The molecule has 2 heterocycles. The summed E-state index contributed by atoms with van der Waals surface area (Å²) in [6.45, 7) is -0.0944. The standard InChI is InChI=1S/C13H9N5O2/c14-5-9-4-12(17-7-16-9)18-10-3-8(15)1-2-11(10)20-6-13(18)19/h1-4,7H,6,15H2. The molecule has 7 nitrogen and oxygen atoms in total. The minimum Gasteiger partial charge on any atom is -0.482 e. The number of rotatable bonds is 1. The molecular formula is C13H9N5O2. The Morgan fingerprint density at radius 1 is 1.35 bits per heavy atom. The number of hydrogen-bond acceptors (Lipinski definition) is 6. The van der Waals surface area contributed by atoms with Gasteiger partial charge in [0.15, 0.2) is 6.61 Å². The number of carbonyl (C=O) groups excluding carboxylic acids is 1. The number of nitrogens with two attached hydrogens (primary N) is 1. The van der Waals surface area contributed by atoms with Crippen molar-refractivity contribution in [2.24, 2.45) is 0 Å². The third-order valence-electron chi connectivity index (χ3n) is 2.82. The zero-order valence-corrected chi connectivity index (χ0v) is 10.3. The maximum atomic E-state index is 12.1. The van der Waals surface area contributed by atoms with Crippen LogP contribution in [0.15, 0.2) is 30.6 Å². The van der Waals surface area contributed by atoms with Crippen LogP contribution in [0.1, 0.15) is 5.69 Å². The van der Waals surface area contributed by atoms with Crippen molar-refractivity contribution in [3.8, 4) is 11.8 Å². The summed E-state index contributed by atoms with van der Waals surface area (Å²) in [6.07, 6.45) is 1.24. The van der Waals surface area contributed by atoms with Crippen molar-refractivity contribution in [2.45, 2.75) is 0 Å². The van der Waals surface area contributed by atoms with E-state index in [0.717, 1.165) is 0 Å². The molecule has 0 saturated heterocycles. The van der Waals surface area contributed by atoms with Crippen LogP contribution in [-0.4, -0.2) is 22.5 Å². The van der Waals surface area contributed by atoms with E-state index < -0.39 is 0 Å². The average molecular weight is 267 g/mol. The van der Waals surface area contributed by atoms with Gasteiger partial charge in [0, 0.05) is 11.8 Å². The van der Waals surface area contributed by atoms with E-state index in [4.69, 9.17) is 15.7 Å². The lowest BCUT2D eigenvalue weighted by Gasteiger charge is -2.28. The number of anilines is 3. The van der Waals surface area contributed by atoms with Gasteiger partial charge in [0.2, 0.25) is 0 Å². The Labute approximate surface area is 114 Å². The van der Waals surface area contributed by atoms with Gasteiger partial charge < -0.3 is 10.5 Å². The van der Waals surface area contributed by atoms with Crippen LogP contribution in [0.3, 0.4) is 0 Å². The Balaban J connectivity index is 2.15. The highest BCUT2D eigenvalue weighted by Gasteiger charge is 2.28. The summed E-state index contributed by atoms with van der Waals surface area (Å²) in [5.41, 5.74) is 6.93. The number of hydrogen-bond donors (Lipinski definition) is 1. The molecule has 0 fully saturated rings. The number of aromatic nitrogens is 2. The molecule has 0 bridgehead atoms. The van der Waals surface area contributed by atoms with E-state index in [1.807, 2.05) is 6.07 Å². The summed E-state index contributed by atoms with van der Waals surface area (Å²) in [5, 5.41) is 8.88. The van der Waals surface area contributed by atoms with Crippen LogP contribution in [0.25, 0.3) is 0 Å². The van der Waals surface area contributed by atoms with Gasteiger partial charge in [0.05, 0.1) is 5.69 Å². The van der Waals surface area contributed by atoms with Gasteiger partial charge in [-0.3, -0.25) is 9.69 Å². The predicted molar refractivity (Wildman–Crippen MR) is 70.2 cm³/mol. The predicted octanol–water partition coefficient (Wildman–Crippen LogP) is 0.988. The van der Waals surface area contributed by atoms with E-state index in [9.17, 15) is 4.79 Å². The summed E-state index contributed by atoms with van der Waals surface area (Å²) >= 11 is 0. The highest BCUT2D eigenvalue weighted by molar-refractivity contribution is 6.03. The highest BCUT2D eigenvalue weighted by atomic mass is 16.5. The first-order chi connectivity index (χ1) is 9.69. The summed E-state index contributed by atoms with van der Waals surface area (Å²) in [5.74, 6) is 0.568. The van der Waals surface area contributed by atoms with Gasteiger partial charge in [-0.05, 0) is 18.2 Å². The maximum absolute atomic E-state index is 12.1. The van der Waals surface area contributed by atoms with Crippen LogP contribution in [-0.2, 0) is 4.79 Å². The molecule has 1 aromatic carbocycles. The first-order valence-electron chi connectivity index (χ1n) is 5.76. The molecule has 7 heteroatoms. The molecule has 0 aliphatic carbocycles. The molecule has 98 valence electrons. The Morgan fingerprint density at radius 3 is 3.00 bits per heavy atom.